The maximum Gasteiger partial charge on any atom is 0.416 e. The molecule has 0 aromatic heterocycles. The molecule has 0 saturated heterocycles. The molecule has 1 atom stereocenters. The average molecular weight is 271 g/mol. The topological polar surface area (TPSA) is 58.4 Å². The van der Waals surface area contributed by atoms with Gasteiger partial charge in [0.1, 0.15) is 6.17 Å². The highest BCUT2D eigenvalue weighted by Gasteiger charge is 2.32. The van der Waals surface area contributed by atoms with Crippen LogP contribution in [0.1, 0.15) is 17.3 Å². The summed E-state index contributed by atoms with van der Waals surface area (Å²) in [6.07, 6.45) is -1.86. The van der Waals surface area contributed by atoms with Gasteiger partial charge in [0.2, 0.25) is 0 Å². The second-order valence-electron chi connectivity index (χ2n) is 4.09. The summed E-state index contributed by atoms with van der Waals surface area (Å²) < 4.78 is 38.0. The summed E-state index contributed by atoms with van der Waals surface area (Å²) in [5.74, 6) is 0. The molecular weight excluding hydrogens is 259 g/mol. The minimum atomic E-state index is -4.42. The number of hydrogen-bond acceptors (Lipinski definition) is 2. The Labute approximate surface area is 107 Å². The number of nitrogens with two attached hydrogens (primary N) is 1. The van der Waals surface area contributed by atoms with E-state index in [4.69, 9.17) is 5.73 Å². The van der Waals surface area contributed by atoms with Gasteiger partial charge in [-0.25, -0.2) is 4.79 Å². The van der Waals surface area contributed by atoms with Gasteiger partial charge < -0.3 is 11.1 Å². The molecule has 1 aliphatic heterocycles. The molecule has 7 heteroatoms. The number of carbonyl (C=O) groups excluding carboxylic acids is 1. The van der Waals surface area contributed by atoms with Gasteiger partial charge in [-0.05, 0) is 30.0 Å². The Morgan fingerprint density at radius 3 is 2.79 bits per heavy atom. The van der Waals surface area contributed by atoms with Crippen molar-refractivity contribution in [3.05, 3.63) is 47.7 Å². The van der Waals surface area contributed by atoms with E-state index in [1.807, 2.05) is 0 Å². The standard InChI is InChI=1S/C12H12F3N3O/c13-12(14,15)9-4-1-3-8(7-9)10-17-5-2-6-18(10)11(16)19/h1-5,7,10,17H,6H2,(H2,16,19). The van der Waals surface area contributed by atoms with Gasteiger partial charge in [0, 0.05) is 6.54 Å². The smallest absolute Gasteiger partial charge is 0.368 e. The molecule has 1 aromatic rings. The zero-order valence-electron chi connectivity index (χ0n) is 9.82. The van der Waals surface area contributed by atoms with Crippen molar-refractivity contribution >= 4 is 6.03 Å². The number of benzene rings is 1. The maximum absolute atomic E-state index is 12.7. The first-order valence-corrected chi connectivity index (χ1v) is 5.54. The van der Waals surface area contributed by atoms with Gasteiger partial charge in [0.05, 0.1) is 5.56 Å². The second-order valence-corrected chi connectivity index (χ2v) is 4.09. The lowest BCUT2D eigenvalue weighted by Gasteiger charge is -2.33. The zero-order valence-corrected chi connectivity index (χ0v) is 9.82. The largest absolute Gasteiger partial charge is 0.416 e. The molecule has 19 heavy (non-hydrogen) atoms. The van der Waals surface area contributed by atoms with Crippen molar-refractivity contribution in [3.8, 4) is 0 Å². The molecule has 2 rings (SSSR count). The number of rotatable bonds is 1. The van der Waals surface area contributed by atoms with Crippen molar-refractivity contribution in [2.24, 2.45) is 5.73 Å². The van der Waals surface area contributed by atoms with E-state index in [-0.39, 0.29) is 6.54 Å². The minimum absolute atomic E-state index is 0.253. The SMILES string of the molecule is NC(=O)N1CC=CNC1c1cccc(C(F)(F)F)c1. The van der Waals surface area contributed by atoms with Crippen LogP contribution in [0, 0.1) is 0 Å². The van der Waals surface area contributed by atoms with Crippen LogP contribution in [0.15, 0.2) is 36.5 Å². The van der Waals surface area contributed by atoms with E-state index in [1.54, 1.807) is 12.3 Å². The number of primary amides is 1. The Hall–Kier alpha value is -2.18. The molecule has 3 N–H and O–H groups in total. The highest BCUT2D eigenvalue weighted by molar-refractivity contribution is 5.73. The van der Waals surface area contributed by atoms with E-state index in [0.29, 0.717) is 5.56 Å². The Bertz CT molecular complexity index is 513. The molecule has 0 saturated carbocycles. The molecular formula is C12H12F3N3O. The molecule has 1 heterocycles. The lowest BCUT2D eigenvalue weighted by atomic mass is 10.1. The van der Waals surface area contributed by atoms with Crippen molar-refractivity contribution in [1.29, 1.82) is 0 Å². The molecule has 0 bridgehead atoms. The van der Waals surface area contributed by atoms with Crippen LogP contribution < -0.4 is 11.1 Å². The summed E-state index contributed by atoms with van der Waals surface area (Å²) in [6.45, 7) is 0.253. The summed E-state index contributed by atoms with van der Waals surface area (Å²) in [6, 6.07) is 4.11. The average Bonchev–Trinajstić information content (AvgIpc) is 2.38. The molecule has 1 unspecified atom stereocenters. The van der Waals surface area contributed by atoms with Gasteiger partial charge in [-0.1, -0.05) is 12.1 Å². The molecule has 0 radical (unpaired) electrons. The third-order valence-electron chi connectivity index (χ3n) is 2.80. The van der Waals surface area contributed by atoms with Gasteiger partial charge in [-0.3, -0.25) is 4.90 Å². The molecule has 0 aliphatic carbocycles. The van der Waals surface area contributed by atoms with E-state index >= 15 is 0 Å². The van der Waals surface area contributed by atoms with Gasteiger partial charge in [-0.15, -0.1) is 0 Å². The lowest BCUT2D eigenvalue weighted by molar-refractivity contribution is -0.137. The van der Waals surface area contributed by atoms with E-state index in [2.05, 4.69) is 5.32 Å². The molecule has 4 nitrogen and oxygen atoms in total. The van der Waals surface area contributed by atoms with E-state index in [9.17, 15) is 18.0 Å². The Balaban J connectivity index is 2.35. The maximum atomic E-state index is 12.7. The first-order chi connectivity index (χ1) is 8.89. The van der Waals surface area contributed by atoms with Crippen LogP contribution >= 0.6 is 0 Å². The van der Waals surface area contributed by atoms with E-state index in [0.717, 1.165) is 12.1 Å². The molecule has 0 fully saturated rings. The number of carbonyl (C=O) groups is 1. The summed E-state index contributed by atoms with van der Waals surface area (Å²) in [7, 11) is 0. The molecule has 2 amide bonds. The van der Waals surface area contributed by atoms with Gasteiger partial charge >= 0.3 is 12.2 Å². The van der Waals surface area contributed by atoms with E-state index < -0.39 is 23.9 Å². The van der Waals surface area contributed by atoms with Crippen molar-refractivity contribution < 1.29 is 18.0 Å². The van der Waals surface area contributed by atoms with Crippen LogP contribution in [0.25, 0.3) is 0 Å². The molecule has 0 spiro atoms. The van der Waals surface area contributed by atoms with Gasteiger partial charge in [0.15, 0.2) is 0 Å². The Morgan fingerprint density at radius 1 is 1.42 bits per heavy atom. The minimum Gasteiger partial charge on any atom is -0.368 e. The first-order valence-electron chi connectivity index (χ1n) is 5.54. The van der Waals surface area contributed by atoms with Crippen LogP contribution in [0.2, 0.25) is 0 Å². The summed E-state index contributed by atoms with van der Waals surface area (Å²) in [4.78, 5) is 12.5. The van der Waals surface area contributed by atoms with Gasteiger partial charge in [-0.2, -0.15) is 13.2 Å². The van der Waals surface area contributed by atoms with Crippen molar-refractivity contribution in [2.75, 3.05) is 6.54 Å². The van der Waals surface area contributed by atoms with Crippen molar-refractivity contribution in [1.82, 2.24) is 10.2 Å². The molecule has 1 aromatic carbocycles. The fourth-order valence-corrected chi connectivity index (χ4v) is 1.90. The predicted octanol–water partition coefficient (Wildman–Crippen LogP) is 2.20. The number of alkyl halides is 3. The third kappa shape index (κ3) is 2.81. The predicted molar refractivity (Wildman–Crippen MR) is 62.8 cm³/mol. The van der Waals surface area contributed by atoms with Crippen LogP contribution in [0.4, 0.5) is 18.0 Å². The normalized spacial score (nSPS) is 19.1. The van der Waals surface area contributed by atoms with E-state index in [1.165, 1.54) is 17.0 Å². The zero-order chi connectivity index (χ0) is 14.0. The van der Waals surface area contributed by atoms with Crippen LogP contribution in [-0.4, -0.2) is 17.5 Å². The number of halogens is 3. The third-order valence-corrected chi connectivity index (χ3v) is 2.80. The van der Waals surface area contributed by atoms with Gasteiger partial charge in [0.25, 0.3) is 0 Å². The van der Waals surface area contributed by atoms with Crippen LogP contribution in [0.5, 0.6) is 0 Å². The van der Waals surface area contributed by atoms with Crippen LogP contribution in [0.3, 0.4) is 0 Å². The molecule has 1 aliphatic rings. The highest BCUT2D eigenvalue weighted by Crippen LogP contribution is 2.31. The summed E-state index contributed by atoms with van der Waals surface area (Å²) >= 11 is 0. The van der Waals surface area contributed by atoms with Crippen molar-refractivity contribution in [3.63, 3.8) is 0 Å². The summed E-state index contributed by atoms with van der Waals surface area (Å²) in [5.41, 5.74) is 4.78. The monoisotopic (exact) mass is 271 g/mol. The second kappa shape index (κ2) is 4.83. The fraction of sp³-hybridized carbons (Fsp3) is 0.250. The quantitative estimate of drug-likeness (QED) is 0.822. The first kappa shape index (κ1) is 13.3. The van der Waals surface area contributed by atoms with Crippen molar-refractivity contribution in [2.45, 2.75) is 12.3 Å². The lowest BCUT2D eigenvalue weighted by Crippen LogP contribution is -2.46. The number of urea groups is 1. The highest BCUT2D eigenvalue weighted by atomic mass is 19.4. The number of nitrogens with zero attached hydrogens (tertiary/aromatic N) is 1. The Kier molecular flexibility index (Phi) is 3.37. The summed E-state index contributed by atoms with van der Waals surface area (Å²) in [5, 5.41) is 2.82. The number of amides is 2. The number of hydrogen-bond donors (Lipinski definition) is 2. The Morgan fingerprint density at radius 2 is 2.16 bits per heavy atom. The van der Waals surface area contributed by atoms with Crippen LogP contribution in [-0.2, 0) is 6.18 Å². The molecule has 102 valence electrons. The number of nitrogens with one attached hydrogen (secondary N) is 1. The fourth-order valence-electron chi connectivity index (χ4n) is 1.90.